The van der Waals surface area contributed by atoms with Gasteiger partial charge in [-0.25, -0.2) is 9.59 Å². The van der Waals surface area contributed by atoms with Gasteiger partial charge >= 0.3 is 11.9 Å². The Balaban J connectivity index is 2.23. The van der Waals surface area contributed by atoms with Crippen molar-refractivity contribution in [3.05, 3.63) is 89.5 Å². The Kier molecular flexibility index (Phi) is 6.08. The molecule has 122 valence electrons. The van der Waals surface area contributed by atoms with E-state index in [2.05, 4.69) is 0 Å². The molecule has 2 aromatic rings. The third kappa shape index (κ3) is 5.25. The quantitative estimate of drug-likeness (QED) is 0.596. The van der Waals surface area contributed by atoms with Gasteiger partial charge in [0.15, 0.2) is 0 Å². The molecule has 2 rings (SSSR count). The van der Waals surface area contributed by atoms with Crippen LogP contribution in [0.2, 0.25) is 0 Å². The SMILES string of the molecule is O=C(O)/C=C\C(=C\CCc1ccccc1)c1cccc(C(=O)O)c1. The van der Waals surface area contributed by atoms with Crippen LogP contribution >= 0.6 is 0 Å². The number of aliphatic carboxylic acids is 1. The third-order valence-corrected chi connectivity index (χ3v) is 3.49. The first kappa shape index (κ1) is 17.2. The van der Waals surface area contributed by atoms with Crippen LogP contribution in [0.15, 0.2) is 72.8 Å². The molecule has 0 aliphatic rings. The van der Waals surface area contributed by atoms with E-state index >= 15 is 0 Å². The van der Waals surface area contributed by atoms with Gasteiger partial charge in [0.05, 0.1) is 5.56 Å². The average Bonchev–Trinajstić information content (AvgIpc) is 2.58. The van der Waals surface area contributed by atoms with Crippen molar-refractivity contribution in [2.45, 2.75) is 12.8 Å². The van der Waals surface area contributed by atoms with Crippen molar-refractivity contribution >= 4 is 17.5 Å². The van der Waals surface area contributed by atoms with Gasteiger partial charge in [0, 0.05) is 6.08 Å². The van der Waals surface area contributed by atoms with Crippen LogP contribution in [0.4, 0.5) is 0 Å². The number of benzene rings is 2. The van der Waals surface area contributed by atoms with Crippen LogP contribution in [-0.4, -0.2) is 22.2 Å². The predicted octanol–water partition coefficient (Wildman–Crippen LogP) is 4.04. The largest absolute Gasteiger partial charge is 0.478 e. The summed E-state index contributed by atoms with van der Waals surface area (Å²) in [5, 5.41) is 17.9. The van der Waals surface area contributed by atoms with Gasteiger partial charge in [0.2, 0.25) is 0 Å². The van der Waals surface area contributed by atoms with Crippen molar-refractivity contribution in [1.82, 2.24) is 0 Å². The van der Waals surface area contributed by atoms with E-state index in [-0.39, 0.29) is 5.56 Å². The molecular formula is C20H18O4. The lowest BCUT2D eigenvalue weighted by molar-refractivity contribution is -0.131. The molecule has 0 saturated carbocycles. The zero-order valence-corrected chi connectivity index (χ0v) is 13.1. The van der Waals surface area contributed by atoms with Crippen LogP contribution in [-0.2, 0) is 11.2 Å². The summed E-state index contributed by atoms with van der Waals surface area (Å²) in [6, 6.07) is 16.4. The fourth-order valence-electron chi connectivity index (χ4n) is 2.31. The van der Waals surface area contributed by atoms with Crippen LogP contribution in [0.3, 0.4) is 0 Å². The summed E-state index contributed by atoms with van der Waals surface area (Å²) in [6.07, 6.45) is 6.02. The third-order valence-electron chi connectivity index (χ3n) is 3.49. The zero-order valence-electron chi connectivity index (χ0n) is 13.1. The van der Waals surface area contributed by atoms with Crippen LogP contribution in [0.5, 0.6) is 0 Å². The Morgan fingerprint density at radius 1 is 0.875 bits per heavy atom. The number of allylic oxidation sites excluding steroid dienone is 3. The molecular weight excluding hydrogens is 304 g/mol. The Hall–Kier alpha value is -3.14. The van der Waals surface area contributed by atoms with Crippen LogP contribution in [0, 0.1) is 0 Å². The summed E-state index contributed by atoms with van der Waals surface area (Å²) in [5.74, 6) is -2.05. The summed E-state index contributed by atoms with van der Waals surface area (Å²) in [7, 11) is 0. The van der Waals surface area contributed by atoms with E-state index in [0.29, 0.717) is 11.1 Å². The van der Waals surface area contributed by atoms with Crippen LogP contribution in [0.1, 0.15) is 27.9 Å². The second-order valence-corrected chi connectivity index (χ2v) is 5.24. The molecule has 0 heterocycles. The molecule has 0 bridgehead atoms. The molecule has 0 aliphatic carbocycles. The standard InChI is InChI=1S/C20H18O4/c21-19(22)13-12-16(9-4-8-15-6-2-1-3-7-15)17-10-5-11-18(14-17)20(23)24/h1-3,5-7,9-14H,4,8H2,(H,21,22)(H,23,24)/b13-12-,16-9-. The van der Waals surface area contributed by atoms with E-state index in [1.165, 1.54) is 17.7 Å². The molecule has 0 fully saturated rings. The van der Waals surface area contributed by atoms with E-state index in [9.17, 15) is 9.59 Å². The highest BCUT2D eigenvalue weighted by atomic mass is 16.4. The Morgan fingerprint density at radius 2 is 1.58 bits per heavy atom. The summed E-state index contributed by atoms with van der Waals surface area (Å²) in [6.45, 7) is 0. The predicted molar refractivity (Wildman–Crippen MR) is 92.9 cm³/mol. The smallest absolute Gasteiger partial charge is 0.335 e. The molecule has 24 heavy (non-hydrogen) atoms. The van der Waals surface area contributed by atoms with Gasteiger partial charge in [-0.1, -0.05) is 48.5 Å². The molecule has 0 radical (unpaired) electrons. The Morgan fingerprint density at radius 3 is 2.25 bits per heavy atom. The number of carboxylic acids is 2. The van der Waals surface area contributed by atoms with E-state index in [0.717, 1.165) is 18.9 Å². The van der Waals surface area contributed by atoms with Gasteiger partial charge < -0.3 is 10.2 Å². The van der Waals surface area contributed by atoms with Crippen molar-refractivity contribution in [3.8, 4) is 0 Å². The van der Waals surface area contributed by atoms with Gasteiger partial charge in [0.25, 0.3) is 0 Å². The molecule has 4 heteroatoms. The maximum absolute atomic E-state index is 11.1. The van der Waals surface area contributed by atoms with Crippen molar-refractivity contribution in [3.63, 3.8) is 0 Å². The lowest BCUT2D eigenvalue weighted by Crippen LogP contribution is -1.97. The second-order valence-electron chi connectivity index (χ2n) is 5.24. The fourth-order valence-corrected chi connectivity index (χ4v) is 2.31. The fraction of sp³-hybridized carbons (Fsp3) is 0.100. The Bertz CT molecular complexity index is 773. The molecule has 0 aliphatic heterocycles. The minimum Gasteiger partial charge on any atom is -0.478 e. The number of hydrogen-bond acceptors (Lipinski definition) is 2. The molecule has 2 N–H and O–H groups in total. The highest BCUT2D eigenvalue weighted by Crippen LogP contribution is 2.19. The second kappa shape index (κ2) is 8.48. The van der Waals surface area contributed by atoms with E-state index < -0.39 is 11.9 Å². The van der Waals surface area contributed by atoms with Crippen molar-refractivity contribution in [2.75, 3.05) is 0 Å². The van der Waals surface area contributed by atoms with E-state index in [4.69, 9.17) is 10.2 Å². The molecule has 0 spiro atoms. The summed E-state index contributed by atoms with van der Waals surface area (Å²) >= 11 is 0. The summed E-state index contributed by atoms with van der Waals surface area (Å²) in [5.41, 5.74) is 2.73. The lowest BCUT2D eigenvalue weighted by atomic mass is 10.00. The highest BCUT2D eigenvalue weighted by molar-refractivity contribution is 5.90. The van der Waals surface area contributed by atoms with Gasteiger partial charge in [-0.05, 0) is 47.8 Å². The first-order valence-electron chi connectivity index (χ1n) is 7.55. The molecule has 0 aromatic heterocycles. The number of rotatable bonds is 7. The van der Waals surface area contributed by atoms with Gasteiger partial charge in [-0.3, -0.25) is 0 Å². The number of carbonyl (C=O) groups is 2. The van der Waals surface area contributed by atoms with Gasteiger partial charge in [-0.15, -0.1) is 0 Å². The number of aryl methyl sites for hydroxylation is 1. The molecule has 0 unspecified atom stereocenters. The molecule has 0 amide bonds. The minimum absolute atomic E-state index is 0.171. The van der Waals surface area contributed by atoms with Crippen molar-refractivity contribution in [1.29, 1.82) is 0 Å². The van der Waals surface area contributed by atoms with E-state index in [1.54, 1.807) is 18.2 Å². The first-order chi connectivity index (χ1) is 11.6. The number of hydrogen-bond donors (Lipinski definition) is 2. The normalized spacial score (nSPS) is 11.6. The first-order valence-corrected chi connectivity index (χ1v) is 7.55. The van der Waals surface area contributed by atoms with Gasteiger partial charge in [0.1, 0.15) is 0 Å². The zero-order chi connectivity index (χ0) is 17.4. The number of aromatic carboxylic acids is 1. The molecule has 4 nitrogen and oxygen atoms in total. The molecule has 0 atom stereocenters. The van der Waals surface area contributed by atoms with Crippen molar-refractivity contribution in [2.24, 2.45) is 0 Å². The monoisotopic (exact) mass is 322 g/mol. The topological polar surface area (TPSA) is 74.6 Å². The molecule has 0 saturated heterocycles. The lowest BCUT2D eigenvalue weighted by Gasteiger charge is -2.05. The number of carboxylic acid groups (broad SMARTS) is 2. The van der Waals surface area contributed by atoms with Gasteiger partial charge in [-0.2, -0.15) is 0 Å². The van der Waals surface area contributed by atoms with Crippen molar-refractivity contribution < 1.29 is 19.8 Å². The summed E-state index contributed by atoms with van der Waals surface area (Å²) in [4.78, 5) is 21.9. The van der Waals surface area contributed by atoms with E-state index in [1.807, 2.05) is 36.4 Å². The Labute approximate surface area is 140 Å². The van der Waals surface area contributed by atoms with Crippen LogP contribution in [0.25, 0.3) is 5.57 Å². The average molecular weight is 322 g/mol. The highest BCUT2D eigenvalue weighted by Gasteiger charge is 2.05. The summed E-state index contributed by atoms with van der Waals surface area (Å²) < 4.78 is 0. The molecule has 2 aromatic carbocycles. The maximum atomic E-state index is 11.1. The maximum Gasteiger partial charge on any atom is 0.335 e. The van der Waals surface area contributed by atoms with Crippen LogP contribution < -0.4 is 0 Å². The minimum atomic E-state index is -1.04.